The van der Waals surface area contributed by atoms with E-state index in [0.29, 0.717) is 11.1 Å². The standard InChI is InChI=1S/C10H8BrNO3/c1-5-8-4-7(11)2-6(3-9(13)14)10(8)15-12-5/h2,4H,3H2,1H3,(H,13,14). The van der Waals surface area contributed by atoms with Gasteiger partial charge in [-0.2, -0.15) is 0 Å². The summed E-state index contributed by atoms with van der Waals surface area (Å²) in [5.74, 6) is -0.886. The smallest absolute Gasteiger partial charge is 0.307 e. The van der Waals surface area contributed by atoms with Crippen LogP contribution in [-0.4, -0.2) is 16.2 Å². The Bertz CT molecular complexity index is 533. The largest absolute Gasteiger partial charge is 0.481 e. The maximum absolute atomic E-state index is 10.7. The Hall–Kier alpha value is -1.36. The summed E-state index contributed by atoms with van der Waals surface area (Å²) in [6.07, 6.45) is -0.0649. The van der Waals surface area contributed by atoms with Crippen molar-refractivity contribution in [1.82, 2.24) is 5.16 Å². The third-order valence-corrected chi connectivity index (χ3v) is 2.59. The lowest BCUT2D eigenvalue weighted by molar-refractivity contribution is -0.136. The van der Waals surface area contributed by atoms with Gasteiger partial charge in [0.1, 0.15) is 0 Å². The van der Waals surface area contributed by atoms with E-state index in [1.165, 1.54) is 0 Å². The molecule has 1 heterocycles. The molecule has 0 aliphatic rings. The van der Waals surface area contributed by atoms with E-state index < -0.39 is 5.97 Å². The van der Waals surface area contributed by atoms with Crippen LogP contribution < -0.4 is 0 Å². The number of halogens is 1. The van der Waals surface area contributed by atoms with Gasteiger partial charge in [-0.05, 0) is 19.1 Å². The van der Waals surface area contributed by atoms with Crippen molar-refractivity contribution in [2.45, 2.75) is 13.3 Å². The second kappa shape index (κ2) is 3.66. The maximum Gasteiger partial charge on any atom is 0.307 e. The zero-order valence-electron chi connectivity index (χ0n) is 7.95. The summed E-state index contributed by atoms with van der Waals surface area (Å²) in [6, 6.07) is 3.60. The first-order valence-electron chi connectivity index (χ1n) is 4.34. The lowest BCUT2D eigenvalue weighted by atomic mass is 10.1. The predicted molar refractivity (Wildman–Crippen MR) is 57.8 cm³/mol. The van der Waals surface area contributed by atoms with Gasteiger partial charge in [0, 0.05) is 15.4 Å². The van der Waals surface area contributed by atoms with Gasteiger partial charge < -0.3 is 9.63 Å². The number of carboxylic acid groups (broad SMARTS) is 1. The number of benzene rings is 1. The third-order valence-electron chi connectivity index (χ3n) is 2.14. The molecule has 5 heteroatoms. The minimum Gasteiger partial charge on any atom is -0.481 e. The van der Waals surface area contributed by atoms with Gasteiger partial charge in [0.05, 0.1) is 12.1 Å². The van der Waals surface area contributed by atoms with E-state index in [0.717, 1.165) is 15.6 Å². The fraction of sp³-hybridized carbons (Fsp3) is 0.200. The summed E-state index contributed by atoms with van der Waals surface area (Å²) in [5.41, 5.74) is 1.95. The number of hydrogen-bond donors (Lipinski definition) is 1. The molecule has 0 atom stereocenters. The third kappa shape index (κ3) is 1.87. The maximum atomic E-state index is 10.7. The van der Waals surface area contributed by atoms with Crippen LogP contribution >= 0.6 is 15.9 Å². The van der Waals surface area contributed by atoms with E-state index in [1.807, 2.05) is 13.0 Å². The van der Waals surface area contributed by atoms with Gasteiger partial charge >= 0.3 is 5.97 Å². The van der Waals surface area contributed by atoms with Crippen LogP contribution in [0.4, 0.5) is 0 Å². The van der Waals surface area contributed by atoms with Crippen LogP contribution in [0.25, 0.3) is 11.0 Å². The van der Waals surface area contributed by atoms with Crippen molar-refractivity contribution >= 4 is 32.9 Å². The minimum atomic E-state index is -0.886. The van der Waals surface area contributed by atoms with Crippen molar-refractivity contribution in [2.24, 2.45) is 0 Å². The highest BCUT2D eigenvalue weighted by Gasteiger charge is 2.13. The first kappa shape index (κ1) is 10.2. The molecule has 2 aromatic rings. The molecule has 78 valence electrons. The van der Waals surface area contributed by atoms with Crippen LogP contribution in [0.3, 0.4) is 0 Å². The van der Waals surface area contributed by atoms with E-state index >= 15 is 0 Å². The highest BCUT2D eigenvalue weighted by molar-refractivity contribution is 9.10. The molecule has 0 fully saturated rings. The molecule has 0 saturated carbocycles. The lowest BCUT2D eigenvalue weighted by Crippen LogP contribution is -2.00. The summed E-state index contributed by atoms with van der Waals surface area (Å²) in [5, 5.41) is 13.4. The molecule has 0 saturated heterocycles. The summed E-state index contributed by atoms with van der Waals surface area (Å²) in [7, 11) is 0. The second-order valence-electron chi connectivity index (χ2n) is 3.28. The molecule has 4 nitrogen and oxygen atoms in total. The van der Waals surface area contributed by atoms with E-state index in [4.69, 9.17) is 9.63 Å². The Morgan fingerprint density at radius 3 is 3.00 bits per heavy atom. The van der Waals surface area contributed by atoms with Crippen LogP contribution in [0, 0.1) is 6.92 Å². The number of carbonyl (C=O) groups is 1. The fourth-order valence-corrected chi connectivity index (χ4v) is 1.99. The fourth-order valence-electron chi connectivity index (χ4n) is 1.48. The van der Waals surface area contributed by atoms with Gasteiger partial charge in [-0.1, -0.05) is 21.1 Å². The molecule has 0 bridgehead atoms. The molecule has 0 aliphatic heterocycles. The molecule has 15 heavy (non-hydrogen) atoms. The molecule has 0 amide bonds. The number of aryl methyl sites for hydroxylation is 1. The Morgan fingerprint density at radius 2 is 2.33 bits per heavy atom. The quantitative estimate of drug-likeness (QED) is 0.910. The van der Waals surface area contributed by atoms with Gasteiger partial charge in [0.2, 0.25) is 0 Å². The normalized spacial score (nSPS) is 10.8. The monoisotopic (exact) mass is 269 g/mol. The summed E-state index contributed by atoms with van der Waals surface area (Å²) >= 11 is 3.33. The number of rotatable bonds is 2. The van der Waals surface area contributed by atoms with Gasteiger partial charge in [0.25, 0.3) is 0 Å². The number of aliphatic carboxylic acids is 1. The Kier molecular flexibility index (Phi) is 2.48. The molecule has 0 spiro atoms. The number of fused-ring (bicyclic) bond motifs is 1. The van der Waals surface area contributed by atoms with Crippen LogP contribution in [0.5, 0.6) is 0 Å². The average molecular weight is 270 g/mol. The predicted octanol–water partition coefficient (Wildman–Crippen LogP) is 2.53. The van der Waals surface area contributed by atoms with Crippen molar-refractivity contribution in [3.63, 3.8) is 0 Å². The second-order valence-corrected chi connectivity index (χ2v) is 4.20. The van der Waals surface area contributed by atoms with Crippen LogP contribution in [-0.2, 0) is 11.2 Å². The molecule has 1 aromatic heterocycles. The van der Waals surface area contributed by atoms with Gasteiger partial charge in [-0.25, -0.2) is 0 Å². The van der Waals surface area contributed by atoms with Crippen molar-refractivity contribution in [2.75, 3.05) is 0 Å². The lowest BCUT2D eigenvalue weighted by Gasteiger charge is -1.99. The van der Waals surface area contributed by atoms with Crippen molar-refractivity contribution in [3.05, 3.63) is 27.9 Å². The number of hydrogen-bond acceptors (Lipinski definition) is 3. The average Bonchev–Trinajstić information content (AvgIpc) is 2.47. The van der Waals surface area contributed by atoms with Crippen LogP contribution in [0.1, 0.15) is 11.3 Å². The zero-order chi connectivity index (χ0) is 11.0. The number of carboxylic acids is 1. The Labute approximate surface area is 94.0 Å². The van der Waals surface area contributed by atoms with Crippen molar-refractivity contribution < 1.29 is 14.4 Å². The first-order chi connectivity index (χ1) is 7.08. The van der Waals surface area contributed by atoms with Crippen molar-refractivity contribution in [1.29, 1.82) is 0 Å². The molecule has 0 aliphatic carbocycles. The van der Waals surface area contributed by atoms with Crippen molar-refractivity contribution in [3.8, 4) is 0 Å². The minimum absolute atomic E-state index is 0.0649. The summed E-state index contributed by atoms with van der Waals surface area (Å²) in [6.45, 7) is 1.82. The van der Waals surface area contributed by atoms with E-state index in [2.05, 4.69) is 21.1 Å². The van der Waals surface area contributed by atoms with Crippen LogP contribution in [0.2, 0.25) is 0 Å². The number of aromatic nitrogens is 1. The molecule has 2 rings (SSSR count). The Morgan fingerprint density at radius 1 is 1.60 bits per heavy atom. The van der Waals surface area contributed by atoms with E-state index in [-0.39, 0.29) is 6.42 Å². The molecule has 0 radical (unpaired) electrons. The van der Waals surface area contributed by atoms with E-state index in [9.17, 15) is 4.79 Å². The van der Waals surface area contributed by atoms with Crippen LogP contribution in [0.15, 0.2) is 21.1 Å². The zero-order valence-corrected chi connectivity index (χ0v) is 9.54. The topological polar surface area (TPSA) is 63.3 Å². The van der Waals surface area contributed by atoms with E-state index in [1.54, 1.807) is 6.07 Å². The molecule has 1 aromatic carbocycles. The summed E-state index contributed by atoms with van der Waals surface area (Å²) < 4.78 is 5.93. The Balaban J connectivity index is 2.66. The first-order valence-corrected chi connectivity index (χ1v) is 5.13. The molecular formula is C10H8BrNO3. The van der Waals surface area contributed by atoms with Gasteiger partial charge in [-0.3, -0.25) is 4.79 Å². The highest BCUT2D eigenvalue weighted by atomic mass is 79.9. The van der Waals surface area contributed by atoms with Gasteiger partial charge in [0.15, 0.2) is 5.58 Å². The molecule has 0 unspecified atom stereocenters. The number of nitrogens with zero attached hydrogens (tertiary/aromatic N) is 1. The molecule has 1 N–H and O–H groups in total. The summed E-state index contributed by atoms with van der Waals surface area (Å²) in [4.78, 5) is 10.7. The van der Waals surface area contributed by atoms with Gasteiger partial charge in [-0.15, -0.1) is 0 Å². The molecular weight excluding hydrogens is 262 g/mol. The highest BCUT2D eigenvalue weighted by Crippen LogP contribution is 2.26. The SMILES string of the molecule is Cc1noc2c(CC(=O)O)cc(Br)cc12.